The van der Waals surface area contributed by atoms with Gasteiger partial charge in [0.25, 0.3) is 0 Å². The van der Waals surface area contributed by atoms with Crippen LogP contribution in [0.2, 0.25) is 0 Å². The molecule has 5 unspecified atom stereocenters. The average Bonchev–Trinajstić information content (AvgIpc) is 3.57. The van der Waals surface area contributed by atoms with Crippen LogP contribution >= 0.6 is 11.3 Å². The molecular formula is C45H59N9O5S. The molecule has 4 aromatic rings. The Labute approximate surface area is 355 Å². The standard InChI is InChI=1S/C45H59N9O5S/c1-27-32-8-7-14-54(40(32)53-52-39(27)51-42-49-35-9-5-6-10-36(35)60-42)37-12-11-33(38(50-37)41(57)58)34(19-46)28(2)48-21-31-17-44(4)24-43(3)16-30(31)18-45(25-43,26-44)59-15-13-47-20-29(22-55)23-56/h5-6,9-12,19,29-31,46-48,55-56H,7-8,13-18,20-26H2,1-4H3,(H,57,58)(H,49,51,52)/b34-28+,46-19?. The van der Waals surface area contributed by atoms with E-state index in [9.17, 15) is 20.1 Å². The highest BCUT2D eigenvalue weighted by Crippen LogP contribution is 2.66. The number of carbonyl (C=O) groups is 1. The zero-order chi connectivity index (χ0) is 42.2. The largest absolute Gasteiger partial charge is 0.476 e. The predicted molar refractivity (Wildman–Crippen MR) is 236 cm³/mol. The molecule has 4 heterocycles. The van der Waals surface area contributed by atoms with Gasteiger partial charge < -0.3 is 46.3 Å². The summed E-state index contributed by atoms with van der Waals surface area (Å²) in [6.45, 7) is 11.9. The minimum atomic E-state index is -1.16. The molecule has 5 atom stereocenters. The van der Waals surface area contributed by atoms with E-state index in [-0.39, 0.29) is 41.3 Å². The smallest absolute Gasteiger partial charge is 0.355 e. The molecule has 15 heteroatoms. The number of hydrogen-bond donors (Lipinski definition) is 7. The highest BCUT2D eigenvalue weighted by atomic mass is 32.1. The van der Waals surface area contributed by atoms with Gasteiger partial charge in [0.05, 0.1) is 22.4 Å². The summed E-state index contributed by atoms with van der Waals surface area (Å²) in [6.07, 6.45) is 9.42. The number of rotatable bonds is 17. The van der Waals surface area contributed by atoms with E-state index >= 15 is 0 Å². The first-order valence-corrected chi connectivity index (χ1v) is 22.2. The quantitative estimate of drug-likeness (QED) is 0.0430. The van der Waals surface area contributed by atoms with Crippen molar-refractivity contribution in [1.82, 2.24) is 30.8 Å². The minimum absolute atomic E-state index is 0.0423. The second-order valence-corrected chi connectivity index (χ2v) is 19.6. The number of carboxylic acids is 1. The monoisotopic (exact) mass is 837 g/mol. The van der Waals surface area contributed by atoms with Gasteiger partial charge >= 0.3 is 5.97 Å². The summed E-state index contributed by atoms with van der Waals surface area (Å²) < 4.78 is 7.90. The molecule has 4 bridgehead atoms. The van der Waals surface area contributed by atoms with Crippen LogP contribution in [0.5, 0.6) is 0 Å². The molecule has 9 rings (SSSR count). The number of aromatic nitrogens is 4. The molecule has 320 valence electrons. The van der Waals surface area contributed by atoms with Gasteiger partial charge in [-0.05, 0) is 112 Å². The molecule has 3 aromatic heterocycles. The van der Waals surface area contributed by atoms with E-state index in [2.05, 4.69) is 40.0 Å². The zero-order valence-electron chi connectivity index (χ0n) is 35.2. The van der Waals surface area contributed by atoms with Crippen LogP contribution in [0.15, 0.2) is 42.1 Å². The molecule has 60 heavy (non-hydrogen) atoms. The average molecular weight is 838 g/mol. The van der Waals surface area contributed by atoms with Crippen LogP contribution in [-0.4, -0.2) is 99.3 Å². The number of aromatic carboxylic acids is 1. The lowest BCUT2D eigenvalue weighted by atomic mass is 9.53. The molecule has 1 aromatic carbocycles. The first-order valence-electron chi connectivity index (χ1n) is 21.4. The lowest BCUT2D eigenvalue weighted by Gasteiger charge is -2.56. The zero-order valence-corrected chi connectivity index (χ0v) is 36.0. The van der Waals surface area contributed by atoms with Crippen LogP contribution in [0.4, 0.5) is 22.6 Å². The van der Waals surface area contributed by atoms with Crippen molar-refractivity contribution in [1.29, 1.82) is 5.41 Å². The van der Waals surface area contributed by atoms with Crippen LogP contribution in [-0.2, 0) is 11.2 Å². The van der Waals surface area contributed by atoms with Crippen molar-refractivity contribution in [2.24, 2.45) is 28.6 Å². The summed E-state index contributed by atoms with van der Waals surface area (Å²) in [4.78, 5) is 24.2. The Bertz CT molecular complexity index is 2250. The molecule has 5 aliphatic rings. The van der Waals surface area contributed by atoms with Crippen molar-refractivity contribution in [3.63, 3.8) is 0 Å². The van der Waals surface area contributed by atoms with E-state index in [1.54, 1.807) is 17.4 Å². The van der Waals surface area contributed by atoms with Gasteiger partial charge in [-0.25, -0.2) is 14.8 Å². The van der Waals surface area contributed by atoms with Crippen LogP contribution in [0.1, 0.15) is 92.9 Å². The number of carboxylic acid groups (broad SMARTS) is 1. The van der Waals surface area contributed by atoms with Gasteiger partial charge in [-0.15, -0.1) is 10.2 Å². The third-order valence-corrected chi connectivity index (χ3v) is 14.5. The molecule has 1 aliphatic heterocycles. The molecule has 4 fully saturated rings. The van der Waals surface area contributed by atoms with Crippen LogP contribution in [0, 0.1) is 40.9 Å². The van der Waals surface area contributed by atoms with Gasteiger partial charge in [0.1, 0.15) is 5.82 Å². The number of fused-ring (bicyclic) bond motifs is 3. The first-order chi connectivity index (χ1) is 28.8. The lowest BCUT2D eigenvalue weighted by Crippen LogP contribution is -2.53. The maximum Gasteiger partial charge on any atom is 0.355 e. The van der Waals surface area contributed by atoms with E-state index < -0.39 is 5.97 Å². The molecule has 0 saturated heterocycles. The van der Waals surface area contributed by atoms with Gasteiger partial charge in [-0.2, -0.15) is 0 Å². The maximum absolute atomic E-state index is 12.9. The molecule has 14 nitrogen and oxygen atoms in total. The predicted octanol–water partition coefficient (Wildman–Crippen LogP) is 6.86. The number of pyridine rings is 1. The fourth-order valence-corrected chi connectivity index (χ4v) is 12.3. The second-order valence-electron chi connectivity index (χ2n) is 18.5. The number of anilines is 4. The fraction of sp³-hybridized carbons (Fsp3) is 0.556. The third-order valence-electron chi connectivity index (χ3n) is 13.5. The van der Waals surface area contributed by atoms with Crippen LogP contribution < -0.4 is 20.9 Å². The third kappa shape index (κ3) is 8.51. The van der Waals surface area contributed by atoms with Crippen molar-refractivity contribution in [2.45, 2.75) is 84.7 Å². The first kappa shape index (κ1) is 42.2. The Morgan fingerprint density at radius 2 is 1.85 bits per heavy atom. The number of allylic oxidation sites excluding steroid dienone is 2. The van der Waals surface area contributed by atoms with Crippen molar-refractivity contribution >= 4 is 61.9 Å². The van der Waals surface area contributed by atoms with Crippen molar-refractivity contribution < 1.29 is 24.9 Å². The summed E-state index contributed by atoms with van der Waals surface area (Å²) in [6, 6.07) is 11.6. The van der Waals surface area contributed by atoms with Crippen LogP contribution in [0.25, 0.3) is 15.8 Å². The number of thiazole rings is 1. The Morgan fingerprint density at radius 1 is 1.07 bits per heavy atom. The number of ether oxygens (including phenoxy) is 1. The summed E-state index contributed by atoms with van der Waals surface area (Å²) in [5.41, 5.74) is 4.64. The van der Waals surface area contributed by atoms with Crippen molar-refractivity contribution in [2.75, 3.05) is 56.2 Å². The van der Waals surface area contributed by atoms with E-state index in [1.165, 1.54) is 12.6 Å². The summed E-state index contributed by atoms with van der Waals surface area (Å²) in [7, 11) is 0. The minimum Gasteiger partial charge on any atom is -0.476 e. The van der Waals surface area contributed by atoms with E-state index in [1.807, 2.05) is 49.1 Å². The lowest BCUT2D eigenvalue weighted by molar-refractivity contribution is -0.163. The van der Waals surface area contributed by atoms with Crippen LogP contribution in [0.3, 0.4) is 0 Å². The van der Waals surface area contributed by atoms with Gasteiger partial charge in [0.2, 0.25) is 0 Å². The Kier molecular flexibility index (Phi) is 12.0. The second kappa shape index (κ2) is 17.1. The molecule has 4 saturated carbocycles. The number of aliphatic hydroxyl groups is 2. The number of benzene rings is 1. The van der Waals surface area contributed by atoms with E-state index in [0.717, 1.165) is 83.7 Å². The Hall–Kier alpha value is -4.54. The number of hydrogen-bond acceptors (Lipinski definition) is 14. The van der Waals surface area contributed by atoms with Crippen molar-refractivity contribution in [3.05, 3.63) is 64.5 Å². The van der Waals surface area contributed by atoms with Crippen molar-refractivity contribution in [3.8, 4) is 0 Å². The number of aliphatic hydroxyl groups excluding tert-OH is 2. The molecular weight excluding hydrogens is 779 g/mol. The SMILES string of the molecule is C/C(NCC1CC2(C)CC3(C)CC1CC(OCCNCC(CO)CO)(C2)C3)=C(/C=N)c1ccc(N2CCCc3c2nnc(Nc2nc4ccccc4s2)c3C)nc1C(=O)O. The highest BCUT2D eigenvalue weighted by Gasteiger charge is 2.60. The molecule has 7 N–H and O–H groups in total. The highest BCUT2D eigenvalue weighted by molar-refractivity contribution is 7.22. The molecule has 0 spiro atoms. The van der Waals surface area contributed by atoms with Gasteiger partial charge in [-0.3, -0.25) is 0 Å². The maximum atomic E-state index is 12.9. The van der Waals surface area contributed by atoms with Gasteiger partial charge in [0, 0.05) is 79.5 Å². The topological polar surface area (TPSA) is 202 Å². The summed E-state index contributed by atoms with van der Waals surface area (Å²) in [5.74, 6) is 1.34. The molecule has 0 amide bonds. The molecule has 4 aliphatic carbocycles. The number of nitrogens with zero attached hydrogens (tertiary/aromatic N) is 5. The normalized spacial score (nSPS) is 26.2. The van der Waals surface area contributed by atoms with E-state index in [0.29, 0.717) is 66.7 Å². The summed E-state index contributed by atoms with van der Waals surface area (Å²) >= 11 is 1.56. The number of para-hydroxylation sites is 1. The fourth-order valence-electron chi connectivity index (χ4n) is 11.5. The van der Waals surface area contributed by atoms with E-state index in [4.69, 9.17) is 20.1 Å². The molecule has 0 radical (unpaired) electrons. The number of nitrogens with one attached hydrogen (secondary N) is 4. The summed E-state index contributed by atoms with van der Waals surface area (Å²) in [5, 5.41) is 58.1. The Morgan fingerprint density at radius 3 is 2.60 bits per heavy atom. The van der Waals surface area contributed by atoms with Gasteiger partial charge in [0.15, 0.2) is 22.5 Å². The Balaban J connectivity index is 0.978. The van der Waals surface area contributed by atoms with Gasteiger partial charge in [-0.1, -0.05) is 37.3 Å².